The van der Waals surface area contributed by atoms with Gasteiger partial charge in [0.15, 0.2) is 0 Å². The lowest BCUT2D eigenvalue weighted by Gasteiger charge is -2.27. The lowest BCUT2D eigenvalue weighted by molar-refractivity contribution is -0.114. The highest BCUT2D eigenvalue weighted by Gasteiger charge is 2.31. The zero-order chi connectivity index (χ0) is 8.43. The molecule has 0 aliphatic carbocycles. The van der Waals surface area contributed by atoms with Crippen LogP contribution in [0, 0.1) is 0 Å². The third-order valence-corrected chi connectivity index (χ3v) is 1.56. The van der Waals surface area contributed by atoms with Crippen molar-refractivity contribution in [3.05, 3.63) is 12.0 Å². The van der Waals surface area contributed by atoms with Gasteiger partial charge in [-0.05, 0) is 0 Å². The summed E-state index contributed by atoms with van der Waals surface area (Å²) in [6.45, 7) is 0. The second-order valence-electron chi connectivity index (χ2n) is 2.33. The Hall–Kier alpha value is -1.07. The van der Waals surface area contributed by atoms with Crippen molar-refractivity contribution >= 4 is 6.29 Å². The van der Waals surface area contributed by atoms with Crippen LogP contribution in [0.15, 0.2) is 12.0 Å². The second kappa shape index (κ2) is 2.89. The van der Waals surface area contributed by atoms with E-state index in [1.54, 1.807) is 0 Å². The minimum atomic E-state index is -1.37. The van der Waals surface area contributed by atoms with E-state index in [-0.39, 0.29) is 5.76 Å². The molecule has 5 heteroatoms. The molecule has 0 aromatic rings. The van der Waals surface area contributed by atoms with Crippen LogP contribution in [0.1, 0.15) is 0 Å². The average Bonchev–Trinajstić information content (AvgIpc) is 2.01. The van der Waals surface area contributed by atoms with Gasteiger partial charge in [0.2, 0.25) is 0 Å². The van der Waals surface area contributed by atoms with Gasteiger partial charge in [0.1, 0.15) is 30.3 Å². The van der Waals surface area contributed by atoms with Gasteiger partial charge in [0, 0.05) is 6.20 Å². The first-order valence-corrected chi connectivity index (χ1v) is 3.13. The van der Waals surface area contributed by atoms with Gasteiger partial charge in [0.25, 0.3) is 0 Å². The van der Waals surface area contributed by atoms with Gasteiger partial charge in [-0.2, -0.15) is 0 Å². The van der Waals surface area contributed by atoms with E-state index in [0.29, 0.717) is 6.29 Å². The average molecular weight is 159 g/mol. The summed E-state index contributed by atoms with van der Waals surface area (Å²) < 4.78 is 0. The molecular formula is C6H9NO4. The monoisotopic (exact) mass is 159 g/mol. The molecule has 62 valence electrons. The van der Waals surface area contributed by atoms with Crippen molar-refractivity contribution in [3.8, 4) is 0 Å². The molecular weight excluding hydrogens is 150 g/mol. The van der Waals surface area contributed by atoms with Crippen LogP contribution in [0.25, 0.3) is 0 Å². The Bertz CT molecular complexity index is 189. The van der Waals surface area contributed by atoms with Gasteiger partial charge in [0.05, 0.1) is 0 Å². The van der Waals surface area contributed by atoms with Gasteiger partial charge in [-0.3, -0.25) is 0 Å². The molecule has 5 nitrogen and oxygen atoms in total. The number of aliphatic hydroxyl groups is 3. The summed E-state index contributed by atoms with van der Waals surface area (Å²) in [5.74, 6) is -0.365. The number of nitrogens with one attached hydrogen (secondary N) is 1. The third-order valence-electron chi connectivity index (χ3n) is 1.56. The Balaban J connectivity index is 2.75. The molecule has 0 fully saturated rings. The number of rotatable bonds is 1. The van der Waals surface area contributed by atoms with E-state index < -0.39 is 18.2 Å². The minimum Gasteiger partial charge on any atom is -0.508 e. The lowest BCUT2D eigenvalue weighted by atomic mass is 10.0. The van der Waals surface area contributed by atoms with E-state index >= 15 is 0 Å². The van der Waals surface area contributed by atoms with Crippen LogP contribution in [-0.2, 0) is 4.79 Å². The lowest BCUT2D eigenvalue weighted by Crippen LogP contribution is -2.50. The Morgan fingerprint density at radius 1 is 1.55 bits per heavy atom. The molecule has 4 N–H and O–H groups in total. The number of hydrogen-bond acceptors (Lipinski definition) is 5. The van der Waals surface area contributed by atoms with Gasteiger partial charge in [-0.25, -0.2) is 0 Å². The van der Waals surface area contributed by atoms with Crippen molar-refractivity contribution in [1.82, 2.24) is 5.32 Å². The SMILES string of the molecule is O=CC1NC=C(O)C(O)C1O. The van der Waals surface area contributed by atoms with E-state index in [4.69, 9.17) is 15.3 Å². The Morgan fingerprint density at radius 3 is 2.73 bits per heavy atom. The van der Waals surface area contributed by atoms with E-state index in [0.717, 1.165) is 6.20 Å². The highest BCUT2D eigenvalue weighted by Crippen LogP contribution is 2.10. The molecule has 1 aliphatic heterocycles. The van der Waals surface area contributed by atoms with Crippen molar-refractivity contribution in [1.29, 1.82) is 0 Å². The number of aldehydes is 1. The largest absolute Gasteiger partial charge is 0.508 e. The molecule has 0 aromatic carbocycles. The van der Waals surface area contributed by atoms with Gasteiger partial charge < -0.3 is 25.4 Å². The summed E-state index contributed by atoms with van der Waals surface area (Å²) in [5, 5.41) is 29.3. The van der Waals surface area contributed by atoms with Crippen molar-refractivity contribution in [2.75, 3.05) is 0 Å². The fourth-order valence-corrected chi connectivity index (χ4v) is 0.857. The van der Waals surface area contributed by atoms with E-state index in [2.05, 4.69) is 5.32 Å². The van der Waals surface area contributed by atoms with Crippen LogP contribution in [0.5, 0.6) is 0 Å². The zero-order valence-corrected chi connectivity index (χ0v) is 5.64. The first kappa shape index (κ1) is 8.03. The predicted molar refractivity (Wildman–Crippen MR) is 35.7 cm³/mol. The maximum atomic E-state index is 10.2. The molecule has 3 atom stereocenters. The molecule has 1 aliphatic rings. The summed E-state index contributed by atoms with van der Waals surface area (Å²) >= 11 is 0. The topological polar surface area (TPSA) is 89.8 Å². The summed E-state index contributed by atoms with van der Waals surface area (Å²) in [7, 11) is 0. The summed E-state index contributed by atoms with van der Waals surface area (Å²) in [4.78, 5) is 10.2. The quantitative estimate of drug-likeness (QED) is 0.342. The van der Waals surface area contributed by atoms with Crippen LogP contribution in [0.2, 0.25) is 0 Å². The molecule has 3 unspecified atom stereocenters. The van der Waals surface area contributed by atoms with Crippen molar-refractivity contribution in [2.24, 2.45) is 0 Å². The number of carbonyl (C=O) groups excluding carboxylic acids is 1. The molecule has 0 spiro atoms. The molecule has 0 radical (unpaired) electrons. The van der Waals surface area contributed by atoms with Crippen LogP contribution < -0.4 is 5.32 Å². The number of aliphatic hydroxyl groups excluding tert-OH is 3. The molecule has 0 aromatic heterocycles. The minimum absolute atomic E-state index is 0.365. The van der Waals surface area contributed by atoms with Crippen LogP contribution in [-0.4, -0.2) is 39.9 Å². The molecule has 0 saturated carbocycles. The molecule has 0 amide bonds. The van der Waals surface area contributed by atoms with Crippen LogP contribution in [0.3, 0.4) is 0 Å². The molecule has 11 heavy (non-hydrogen) atoms. The van der Waals surface area contributed by atoms with E-state index in [1.165, 1.54) is 0 Å². The van der Waals surface area contributed by atoms with Gasteiger partial charge in [-0.15, -0.1) is 0 Å². The van der Waals surface area contributed by atoms with E-state index in [9.17, 15) is 4.79 Å². The van der Waals surface area contributed by atoms with Gasteiger partial charge in [-0.1, -0.05) is 0 Å². The zero-order valence-electron chi connectivity index (χ0n) is 5.64. The fraction of sp³-hybridized carbons (Fsp3) is 0.500. The maximum Gasteiger partial charge on any atom is 0.144 e. The Labute approximate surface area is 63.0 Å². The number of hydrogen-bond donors (Lipinski definition) is 4. The molecule has 0 saturated heterocycles. The fourth-order valence-electron chi connectivity index (χ4n) is 0.857. The van der Waals surface area contributed by atoms with Gasteiger partial charge >= 0.3 is 0 Å². The number of carbonyl (C=O) groups is 1. The summed E-state index contributed by atoms with van der Waals surface area (Å²) in [6, 6.07) is -0.846. The molecule has 1 rings (SSSR count). The Kier molecular flexibility index (Phi) is 2.11. The molecule has 1 heterocycles. The first-order chi connectivity index (χ1) is 5.16. The van der Waals surface area contributed by atoms with Crippen molar-refractivity contribution < 1.29 is 20.1 Å². The summed E-state index contributed by atoms with van der Waals surface area (Å²) in [6.07, 6.45) is -1.09. The third kappa shape index (κ3) is 1.33. The summed E-state index contributed by atoms with van der Waals surface area (Å²) in [5.41, 5.74) is 0. The highest BCUT2D eigenvalue weighted by atomic mass is 16.4. The smallest absolute Gasteiger partial charge is 0.144 e. The van der Waals surface area contributed by atoms with E-state index in [1.807, 2.05) is 0 Å². The highest BCUT2D eigenvalue weighted by molar-refractivity contribution is 5.60. The Morgan fingerprint density at radius 2 is 2.18 bits per heavy atom. The van der Waals surface area contributed by atoms with Crippen molar-refractivity contribution in [3.63, 3.8) is 0 Å². The predicted octanol–water partition coefficient (Wildman–Crippen LogP) is -1.72. The van der Waals surface area contributed by atoms with Crippen LogP contribution in [0.4, 0.5) is 0 Å². The van der Waals surface area contributed by atoms with Crippen LogP contribution >= 0.6 is 0 Å². The van der Waals surface area contributed by atoms with Crippen molar-refractivity contribution in [2.45, 2.75) is 18.2 Å². The molecule has 0 bridgehead atoms. The maximum absolute atomic E-state index is 10.2. The second-order valence-corrected chi connectivity index (χ2v) is 2.33. The standard InChI is InChI=1S/C6H9NO4/c8-2-3-5(10)6(11)4(9)1-7-3/h1-3,5-7,9-11H. The normalized spacial score (nSPS) is 37.3. The first-order valence-electron chi connectivity index (χ1n) is 3.13.